The molecule has 2 rings (SSSR count). The molecule has 0 amide bonds. The average molecular weight is 163 g/mol. The molecule has 1 heterocycles. The smallest absolute Gasteiger partial charge is 0.109 e. The molecule has 0 aliphatic heterocycles. The summed E-state index contributed by atoms with van der Waals surface area (Å²) < 4.78 is 0. The Bertz CT molecular complexity index is 381. The number of para-hydroxylation sites is 1. The molecule has 0 radical (unpaired) electrons. The first-order chi connectivity index (χ1) is 5.92. The van der Waals surface area contributed by atoms with Gasteiger partial charge in [-0.2, -0.15) is 0 Å². The van der Waals surface area contributed by atoms with E-state index in [1.165, 1.54) is 0 Å². The summed E-state index contributed by atoms with van der Waals surface area (Å²) in [7, 11) is 0. The topological polar surface area (TPSA) is 45.2 Å². The van der Waals surface area contributed by atoms with Gasteiger partial charge in [-0.15, -0.1) is 0 Å². The highest BCUT2D eigenvalue weighted by molar-refractivity contribution is 5.82. The van der Waals surface area contributed by atoms with Gasteiger partial charge in [0.1, 0.15) is 6.61 Å². The van der Waals surface area contributed by atoms with E-state index in [1.54, 1.807) is 0 Å². The summed E-state index contributed by atoms with van der Waals surface area (Å²) in [6.07, 6.45) is 1.83. The van der Waals surface area contributed by atoms with Crippen molar-refractivity contribution < 1.29 is 10.1 Å². The van der Waals surface area contributed by atoms with Crippen molar-refractivity contribution >= 4 is 10.9 Å². The van der Waals surface area contributed by atoms with Gasteiger partial charge in [0.2, 0.25) is 0 Å². The molecule has 0 aliphatic rings. The van der Waals surface area contributed by atoms with Crippen LogP contribution < -0.4 is 0 Å². The second kappa shape index (κ2) is 2.97. The van der Waals surface area contributed by atoms with E-state index in [1.807, 2.05) is 30.5 Å². The van der Waals surface area contributed by atoms with Gasteiger partial charge in [-0.05, 0) is 6.07 Å². The van der Waals surface area contributed by atoms with Gasteiger partial charge in [-0.25, -0.2) is 4.89 Å². The Labute approximate surface area is 69.5 Å². The van der Waals surface area contributed by atoms with E-state index in [0.29, 0.717) is 0 Å². The van der Waals surface area contributed by atoms with Crippen LogP contribution in [0.1, 0.15) is 5.56 Å². The molecule has 0 aliphatic carbocycles. The van der Waals surface area contributed by atoms with Gasteiger partial charge in [0, 0.05) is 22.7 Å². The molecule has 12 heavy (non-hydrogen) atoms. The molecule has 1 aromatic carbocycles. The molecule has 62 valence electrons. The van der Waals surface area contributed by atoms with Gasteiger partial charge in [-0.3, -0.25) is 5.26 Å². The van der Waals surface area contributed by atoms with E-state index in [9.17, 15) is 0 Å². The lowest BCUT2D eigenvalue weighted by Crippen LogP contribution is -1.84. The van der Waals surface area contributed by atoms with Crippen molar-refractivity contribution in [2.75, 3.05) is 0 Å². The Morgan fingerprint density at radius 3 is 3.00 bits per heavy atom. The second-order valence-corrected chi connectivity index (χ2v) is 2.63. The van der Waals surface area contributed by atoms with Crippen LogP contribution >= 0.6 is 0 Å². The fraction of sp³-hybridized carbons (Fsp3) is 0.111. The van der Waals surface area contributed by atoms with E-state index in [0.717, 1.165) is 16.5 Å². The Balaban J connectivity index is 2.55. The maximum absolute atomic E-state index is 8.28. The molecule has 0 saturated heterocycles. The number of fused-ring (bicyclic) bond motifs is 1. The highest BCUT2D eigenvalue weighted by atomic mass is 17.1. The number of aromatic nitrogens is 1. The summed E-state index contributed by atoms with van der Waals surface area (Å²) in [5.41, 5.74) is 2.03. The Hall–Kier alpha value is -1.32. The average Bonchev–Trinajstić information content (AvgIpc) is 2.50. The Morgan fingerprint density at radius 1 is 1.33 bits per heavy atom. The van der Waals surface area contributed by atoms with Crippen LogP contribution in [-0.2, 0) is 11.5 Å². The molecule has 2 aromatic rings. The molecule has 0 fully saturated rings. The van der Waals surface area contributed by atoms with Crippen LogP contribution in [0.2, 0.25) is 0 Å². The van der Waals surface area contributed by atoms with Crippen LogP contribution in [0.15, 0.2) is 30.5 Å². The van der Waals surface area contributed by atoms with E-state index >= 15 is 0 Å². The Morgan fingerprint density at radius 2 is 2.17 bits per heavy atom. The van der Waals surface area contributed by atoms with Gasteiger partial charge < -0.3 is 4.98 Å². The second-order valence-electron chi connectivity index (χ2n) is 2.63. The van der Waals surface area contributed by atoms with Crippen molar-refractivity contribution in [3.63, 3.8) is 0 Å². The monoisotopic (exact) mass is 163 g/mol. The third-order valence-corrected chi connectivity index (χ3v) is 1.89. The van der Waals surface area contributed by atoms with Crippen molar-refractivity contribution in [1.29, 1.82) is 0 Å². The Kier molecular flexibility index (Phi) is 1.81. The van der Waals surface area contributed by atoms with Crippen LogP contribution in [0, 0.1) is 0 Å². The fourth-order valence-corrected chi connectivity index (χ4v) is 1.32. The van der Waals surface area contributed by atoms with Gasteiger partial charge >= 0.3 is 0 Å². The van der Waals surface area contributed by atoms with Crippen molar-refractivity contribution in [1.82, 2.24) is 4.98 Å². The number of H-pyrrole nitrogens is 1. The molecule has 0 saturated carbocycles. The predicted octanol–water partition coefficient (Wildman–Crippen LogP) is 2.16. The third-order valence-electron chi connectivity index (χ3n) is 1.89. The van der Waals surface area contributed by atoms with Crippen LogP contribution in [0.25, 0.3) is 10.9 Å². The highest BCUT2D eigenvalue weighted by Gasteiger charge is 2.01. The quantitative estimate of drug-likeness (QED) is 0.526. The number of nitrogens with one attached hydrogen (secondary N) is 1. The molecule has 0 bridgehead atoms. The minimum atomic E-state index is 0.226. The third kappa shape index (κ3) is 1.09. The van der Waals surface area contributed by atoms with Crippen molar-refractivity contribution in [3.8, 4) is 0 Å². The minimum absolute atomic E-state index is 0.226. The van der Waals surface area contributed by atoms with Gasteiger partial charge in [-0.1, -0.05) is 18.2 Å². The largest absolute Gasteiger partial charge is 0.361 e. The van der Waals surface area contributed by atoms with Gasteiger partial charge in [0.05, 0.1) is 0 Å². The summed E-state index contributed by atoms with van der Waals surface area (Å²) in [5.74, 6) is 0. The molecule has 3 nitrogen and oxygen atoms in total. The lowest BCUT2D eigenvalue weighted by molar-refractivity contribution is -0.252. The number of hydrogen-bond donors (Lipinski definition) is 2. The first-order valence-electron chi connectivity index (χ1n) is 3.73. The lowest BCUT2D eigenvalue weighted by atomic mass is 10.2. The summed E-state index contributed by atoms with van der Waals surface area (Å²) >= 11 is 0. The van der Waals surface area contributed by atoms with Crippen molar-refractivity contribution in [2.45, 2.75) is 6.61 Å². The van der Waals surface area contributed by atoms with E-state index in [-0.39, 0.29) is 6.61 Å². The summed E-state index contributed by atoms with van der Waals surface area (Å²) in [6, 6.07) is 7.88. The van der Waals surface area contributed by atoms with E-state index in [2.05, 4.69) is 9.87 Å². The first-order valence-corrected chi connectivity index (χ1v) is 3.73. The molecule has 1 aromatic heterocycles. The molecule has 3 heteroatoms. The number of aromatic amines is 1. The van der Waals surface area contributed by atoms with Crippen LogP contribution in [0.4, 0.5) is 0 Å². The maximum Gasteiger partial charge on any atom is 0.109 e. The standard InChI is InChI=1S/C9H9NO2/c11-12-6-7-5-10-9-4-2-1-3-8(7)9/h1-5,10-11H,6H2. The SMILES string of the molecule is OOCc1c[nH]c2ccccc12. The van der Waals surface area contributed by atoms with Gasteiger partial charge in [0.25, 0.3) is 0 Å². The number of rotatable bonds is 2. The minimum Gasteiger partial charge on any atom is -0.361 e. The molecule has 0 spiro atoms. The van der Waals surface area contributed by atoms with Crippen molar-refractivity contribution in [3.05, 3.63) is 36.0 Å². The van der Waals surface area contributed by atoms with E-state index in [4.69, 9.17) is 5.26 Å². The summed E-state index contributed by atoms with van der Waals surface area (Å²) in [5, 5.41) is 9.37. The predicted molar refractivity (Wildman–Crippen MR) is 45.7 cm³/mol. The normalized spacial score (nSPS) is 10.8. The summed E-state index contributed by atoms with van der Waals surface area (Å²) in [6.45, 7) is 0.226. The zero-order valence-corrected chi connectivity index (χ0v) is 6.45. The van der Waals surface area contributed by atoms with Crippen LogP contribution in [0.5, 0.6) is 0 Å². The fourth-order valence-electron chi connectivity index (χ4n) is 1.32. The first kappa shape index (κ1) is 7.34. The zero-order chi connectivity index (χ0) is 8.39. The lowest BCUT2D eigenvalue weighted by Gasteiger charge is -1.93. The van der Waals surface area contributed by atoms with Gasteiger partial charge in [0.15, 0.2) is 0 Å². The molecule has 0 atom stereocenters. The zero-order valence-electron chi connectivity index (χ0n) is 6.45. The number of hydrogen-bond acceptors (Lipinski definition) is 2. The van der Waals surface area contributed by atoms with E-state index < -0.39 is 0 Å². The molecular weight excluding hydrogens is 154 g/mol. The maximum atomic E-state index is 8.28. The highest BCUT2D eigenvalue weighted by Crippen LogP contribution is 2.17. The van der Waals surface area contributed by atoms with Crippen LogP contribution in [-0.4, -0.2) is 10.2 Å². The molecule has 2 N–H and O–H groups in total. The summed E-state index contributed by atoms with van der Waals surface area (Å²) in [4.78, 5) is 7.16. The molecular formula is C9H9NO2. The van der Waals surface area contributed by atoms with Crippen molar-refractivity contribution in [2.24, 2.45) is 0 Å². The molecule has 0 unspecified atom stereocenters. The van der Waals surface area contributed by atoms with Crippen LogP contribution in [0.3, 0.4) is 0 Å². The number of benzene rings is 1.